The SMILES string of the molecule is Cc1ccc2nc3c(nc2c1)c1nc2ccc(F)cc2nc1c1nc2ccc(F)cc2nc31. The lowest BCUT2D eigenvalue weighted by molar-refractivity contribution is 0.629. The Balaban J connectivity index is 1.78. The second-order valence-electron chi connectivity index (χ2n) is 8.02. The van der Waals surface area contributed by atoms with E-state index in [0.717, 1.165) is 5.56 Å². The number of nitrogens with zero attached hydrogens (tertiary/aromatic N) is 6. The molecule has 0 atom stereocenters. The predicted molar refractivity (Wildman–Crippen MR) is 123 cm³/mol. The highest BCUT2D eigenvalue weighted by molar-refractivity contribution is 6.20. The van der Waals surface area contributed by atoms with Crippen LogP contribution in [0.15, 0.2) is 54.6 Å². The maximum Gasteiger partial charge on any atom is 0.125 e. The average molecular weight is 434 g/mol. The van der Waals surface area contributed by atoms with Gasteiger partial charge in [0.25, 0.3) is 0 Å². The molecule has 0 N–H and O–H groups in total. The van der Waals surface area contributed by atoms with Crippen molar-refractivity contribution in [2.45, 2.75) is 6.92 Å². The summed E-state index contributed by atoms with van der Waals surface area (Å²) in [6, 6.07) is 14.3. The van der Waals surface area contributed by atoms with Crippen LogP contribution in [0, 0.1) is 18.6 Å². The molecule has 7 aromatic rings. The average Bonchev–Trinajstić information content (AvgIpc) is 2.81. The van der Waals surface area contributed by atoms with E-state index in [4.69, 9.17) is 29.9 Å². The van der Waals surface area contributed by atoms with E-state index in [1.807, 2.05) is 25.1 Å². The van der Waals surface area contributed by atoms with Gasteiger partial charge in [-0.2, -0.15) is 0 Å². The molecule has 0 saturated carbocycles. The third-order valence-electron chi connectivity index (χ3n) is 5.75. The zero-order chi connectivity index (χ0) is 22.3. The van der Waals surface area contributed by atoms with Crippen LogP contribution in [0.2, 0.25) is 0 Å². The van der Waals surface area contributed by atoms with Gasteiger partial charge in [-0.3, -0.25) is 0 Å². The molecule has 6 nitrogen and oxygen atoms in total. The molecule has 0 spiro atoms. The fourth-order valence-corrected chi connectivity index (χ4v) is 4.21. The van der Waals surface area contributed by atoms with Gasteiger partial charge in [-0.1, -0.05) is 6.07 Å². The summed E-state index contributed by atoms with van der Waals surface area (Å²) in [6.07, 6.45) is 0. The third kappa shape index (κ3) is 2.64. The Morgan fingerprint density at radius 2 is 0.758 bits per heavy atom. The number of hydrogen-bond acceptors (Lipinski definition) is 6. The van der Waals surface area contributed by atoms with Crippen LogP contribution in [0.4, 0.5) is 8.78 Å². The number of benzene rings is 4. The van der Waals surface area contributed by atoms with E-state index in [1.54, 1.807) is 12.1 Å². The Labute approximate surface area is 184 Å². The maximum atomic E-state index is 13.9. The minimum atomic E-state index is -0.408. The second kappa shape index (κ2) is 6.29. The lowest BCUT2D eigenvalue weighted by atomic mass is 10.1. The Kier molecular flexibility index (Phi) is 3.46. The normalized spacial score (nSPS) is 12.1. The number of fused-ring (bicyclic) bond motifs is 9. The molecule has 0 bridgehead atoms. The molecular weight excluding hydrogens is 422 g/mol. The summed E-state index contributed by atoms with van der Waals surface area (Å²) in [6.45, 7) is 1.98. The summed E-state index contributed by atoms with van der Waals surface area (Å²) >= 11 is 0. The topological polar surface area (TPSA) is 77.3 Å². The van der Waals surface area contributed by atoms with E-state index >= 15 is 0 Å². The molecule has 0 aliphatic heterocycles. The molecule has 3 aromatic heterocycles. The van der Waals surface area contributed by atoms with Crippen LogP contribution in [0.1, 0.15) is 5.56 Å². The van der Waals surface area contributed by atoms with Crippen molar-refractivity contribution in [3.63, 3.8) is 0 Å². The van der Waals surface area contributed by atoms with Gasteiger partial charge in [-0.25, -0.2) is 38.7 Å². The van der Waals surface area contributed by atoms with Gasteiger partial charge in [0.2, 0.25) is 0 Å². The molecule has 0 radical (unpaired) electrons. The van der Waals surface area contributed by atoms with E-state index in [1.165, 1.54) is 24.3 Å². The molecule has 0 saturated heterocycles. The van der Waals surface area contributed by atoms with Gasteiger partial charge in [0.15, 0.2) is 0 Å². The first-order chi connectivity index (χ1) is 16.0. The van der Waals surface area contributed by atoms with Crippen molar-refractivity contribution in [2.24, 2.45) is 0 Å². The minimum Gasteiger partial charge on any atom is -0.242 e. The van der Waals surface area contributed by atoms with E-state index in [0.29, 0.717) is 66.2 Å². The van der Waals surface area contributed by atoms with Crippen molar-refractivity contribution in [2.75, 3.05) is 0 Å². The predicted octanol–water partition coefficient (Wildman–Crippen LogP) is 5.56. The van der Waals surface area contributed by atoms with Crippen LogP contribution in [0.3, 0.4) is 0 Å². The smallest absolute Gasteiger partial charge is 0.125 e. The fraction of sp³-hybridized carbons (Fsp3) is 0.0400. The zero-order valence-corrected chi connectivity index (χ0v) is 17.1. The van der Waals surface area contributed by atoms with E-state index < -0.39 is 11.6 Å². The Morgan fingerprint density at radius 3 is 1.18 bits per heavy atom. The van der Waals surface area contributed by atoms with Crippen LogP contribution in [0.25, 0.3) is 66.2 Å². The van der Waals surface area contributed by atoms with Crippen LogP contribution in [-0.2, 0) is 0 Å². The summed E-state index contributed by atoms with van der Waals surface area (Å²) in [5, 5.41) is 0. The molecule has 4 aromatic carbocycles. The molecular formula is C25H12F2N6. The van der Waals surface area contributed by atoms with Gasteiger partial charge in [-0.15, -0.1) is 0 Å². The first kappa shape index (κ1) is 18.1. The van der Waals surface area contributed by atoms with Crippen LogP contribution in [-0.4, -0.2) is 29.9 Å². The van der Waals surface area contributed by atoms with Crippen LogP contribution < -0.4 is 0 Å². The quantitative estimate of drug-likeness (QED) is 0.230. The Morgan fingerprint density at radius 1 is 0.424 bits per heavy atom. The molecule has 0 amide bonds. The molecule has 33 heavy (non-hydrogen) atoms. The van der Waals surface area contributed by atoms with E-state index in [9.17, 15) is 8.78 Å². The van der Waals surface area contributed by atoms with E-state index in [2.05, 4.69) is 0 Å². The molecule has 7 rings (SSSR count). The first-order valence-corrected chi connectivity index (χ1v) is 10.3. The van der Waals surface area contributed by atoms with Crippen molar-refractivity contribution in [3.8, 4) is 0 Å². The van der Waals surface area contributed by atoms with Crippen molar-refractivity contribution < 1.29 is 8.78 Å². The maximum absolute atomic E-state index is 13.9. The minimum absolute atomic E-state index is 0.397. The molecule has 156 valence electrons. The third-order valence-corrected chi connectivity index (χ3v) is 5.75. The van der Waals surface area contributed by atoms with Crippen molar-refractivity contribution in [1.82, 2.24) is 29.9 Å². The van der Waals surface area contributed by atoms with E-state index in [-0.39, 0.29) is 0 Å². The van der Waals surface area contributed by atoms with Gasteiger partial charge in [0, 0.05) is 12.1 Å². The molecule has 0 aliphatic carbocycles. The van der Waals surface area contributed by atoms with Gasteiger partial charge in [0.1, 0.15) is 44.7 Å². The number of aromatic nitrogens is 6. The summed E-state index contributed by atoms with van der Waals surface area (Å²) in [4.78, 5) is 28.6. The van der Waals surface area contributed by atoms with Gasteiger partial charge in [0.05, 0.1) is 33.1 Å². The first-order valence-electron chi connectivity index (χ1n) is 10.3. The zero-order valence-electron chi connectivity index (χ0n) is 17.1. The van der Waals surface area contributed by atoms with Gasteiger partial charge in [-0.05, 0) is 48.9 Å². The lowest BCUT2D eigenvalue weighted by Crippen LogP contribution is -1.99. The monoisotopic (exact) mass is 434 g/mol. The highest BCUT2D eigenvalue weighted by Gasteiger charge is 2.19. The summed E-state index contributed by atoms with van der Waals surface area (Å²) in [5.41, 5.74) is 7.15. The van der Waals surface area contributed by atoms with Crippen molar-refractivity contribution >= 4 is 66.2 Å². The van der Waals surface area contributed by atoms with Crippen molar-refractivity contribution in [1.29, 1.82) is 0 Å². The summed E-state index contributed by atoms with van der Waals surface area (Å²) in [7, 11) is 0. The Bertz CT molecular complexity index is 1710. The molecule has 0 unspecified atom stereocenters. The van der Waals surface area contributed by atoms with Gasteiger partial charge >= 0.3 is 0 Å². The number of halogens is 2. The highest BCUT2D eigenvalue weighted by Crippen LogP contribution is 2.33. The van der Waals surface area contributed by atoms with Crippen LogP contribution in [0.5, 0.6) is 0 Å². The van der Waals surface area contributed by atoms with Gasteiger partial charge < -0.3 is 0 Å². The Hall–Kier alpha value is -4.46. The van der Waals surface area contributed by atoms with Crippen LogP contribution >= 0.6 is 0 Å². The summed E-state index contributed by atoms with van der Waals surface area (Å²) < 4.78 is 27.8. The number of hydrogen-bond donors (Lipinski definition) is 0. The molecule has 0 aliphatic rings. The largest absolute Gasteiger partial charge is 0.242 e. The summed E-state index contributed by atoms with van der Waals surface area (Å²) in [5.74, 6) is -0.816. The lowest BCUT2D eigenvalue weighted by Gasteiger charge is -2.10. The molecule has 3 heterocycles. The second-order valence-corrected chi connectivity index (χ2v) is 8.02. The molecule has 8 heteroatoms. The molecule has 0 fully saturated rings. The number of aryl methyl sites for hydroxylation is 1. The van der Waals surface area contributed by atoms with Crippen molar-refractivity contribution in [3.05, 3.63) is 71.8 Å². The highest BCUT2D eigenvalue weighted by atomic mass is 19.1. The number of rotatable bonds is 0. The fourth-order valence-electron chi connectivity index (χ4n) is 4.21. The standard InChI is InChI=1S/C25H12F2N6/c1-11-2-5-14-17(8-11)31-23-20(28-14)24-22(30-16-7-4-13(27)10-19(16)32-24)25-21(23)29-15-6-3-12(26)9-18(15)33-25/h2-10H,1H3.